The number of benzene rings is 1. The normalized spacial score (nSPS) is 22.1. The molecular weight excluding hydrogens is 324 g/mol. The number of fused-ring (bicyclic) bond motifs is 4. The van der Waals surface area contributed by atoms with Gasteiger partial charge in [0.15, 0.2) is 0 Å². The number of carbonyl (C=O) groups excluding carboxylic acids is 1. The third-order valence-electron chi connectivity index (χ3n) is 5.10. The highest BCUT2D eigenvalue weighted by Gasteiger charge is 2.35. The number of rotatable bonds is 2. The number of halogens is 1. The Morgan fingerprint density at radius 1 is 1.08 bits per heavy atom. The van der Waals surface area contributed by atoms with Crippen molar-refractivity contribution in [1.82, 2.24) is 9.47 Å². The number of nitrogens with zero attached hydrogens (tertiary/aromatic N) is 2. The summed E-state index contributed by atoms with van der Waals surface area (Å²) in [5.74, 6) is 0.782. The van der Waals surface area contributed by atoms with Gasteiger partial charge in [0.05, 0.1) is 6.42 Å². The first-order chi connectivity index (χ1) is 11.6. The molecule has 1 saturated heterocycles. The number of pyridine rings is 1. The molecule has 4 rings (SSSR count). The van der Waals surface area contributed by atoms with Gasteiger partial charge in [-0.25, -0.2) is 0 Å². The largest absolute Gasteiger partial charge is 0.341 e. The molecule has 124 valence electrons. The first kappa shape index (κ1) is 15.5. The number of piperidine rings is 1. The highest BCUT2D eigenvalue weighted by atomic mass is 35.5. The van der Waals surface area contributed by atoms with Crippen LogP contribution in [0.1, 0.15) is 23.6 Å². The van der Waals surface area contributed by atoms with E-state index < -0.39 is 0 Å². The molecule has 2 aliphatic rings. The van der Waals surface area contributed by atoms with Gasteiger partial charge in [0.1, 0.15) is 0 Å². The standard InChI is InChI=1S/C19H19ClN2O2/c20-16-6-4-13(5-7-16)9-19(24)21-10-14-8-15(12-21)17-2-1-3-18(23)22(17)11-14/h1-7,14-15H,8-12H2/t14-,15+/m1/s1. The highest BCUT2D eigenvalue weighted by molar-refractivity contribution is 6.30. The second-order valence-electron chi connectivity index (χ2n) is 6.80. The summed E-state index contributed by atoms with van der Waals surface area (Å²) in [7, 11) is 0. The Bertz CT molecular complexity index is 828. The molecule has 0 spiro atoms. The van der Waals surface area contributed by atoms with E-state index in [1.165, 1.54) is 0 Å². The zero-order valence-corrected chi connectivity index (χ0v) is 14.1. The maximum absolute atomic E-state index is 12.7. The first-order valence-corrected chi connectivity index (χ1v) is 8.70. The number of amides is 1. The van der Waals surface area contributed by atoms with Crippen molar-refractivity contribution in [1.29, 1.82) is 0 Å². The van der Waals surface area contributed by atoms with E-state index in [0.29, 0.717) is 23.9 Å². The molecule has 3 heterocycles. The van der Waals surface area contributed by atoms with Gasteiger partial charge < -0.3 is 9.47 Å². The van der Waals surface area contributed by atoms with Crippen molar-refractivity contribution in [3.05, 3.63) is 69.1 Å². The zero-order valence-electron chi connectivity index (χ0n) is 13.3. The van der Waals surface area contributed by atoms with E-state index in [9.17, 15) is 9.59 Å². The summed E-state index contributed by atoms with van der Waals surface area (Å²) >= 11 is 5.90. The van der Waals surface area contributed by atoms with Crippen LogP contribution in [-0.4, -0.2) is 28.5 Å². The number of aromatic nitrogens is 1. The van der Waals surface area contributed by atoms with Crippen molar-refractivity contribution >= 4 is 17.5 Å². The van der Waals surface area contributed by atoms with Crippen molar-refractivity contribution in [2.75, 3.05) is 13.1 Å². The van der Waals surface area contributed by atoms with Crippen molar-refractivity contribution in [3.8, 4) is 0 Å². The molecule has 2 bridgehead atoms. The van der Waals surface area contributed by atoms with Gasteiger partial charge in [-0.15, -0.1) is 0 Å². The molecule has 2 aromatic rings. The summed E-state index contributed by atoms with van der Waals surface area (Å²) in [5, 5.41) is 0.681. The van der Waals surface area contributed by atoms with Crippen LogP contribution >= 0.6 is 11.6 Å². The fourth-order valence-electron chi connectivity index (χ4n) is 3.99. The molecule has 0 N–H and O–H groups in total. The molecule has 1 fully saturated rings. The van der Waals surface area contributed by atoms with Crippen LogP contribution in [0.15, 0.2) is 47.3 Å². The second-order valence-corrected chi connectivity index (χ2v) is 7.24. The molecule has 4 nitrogen and oxygen atoms in total. The van der Waals surface area contributed by atoms with Gasteiger partial charge in [0, 0.05) is 42.3 Å². The summed E-state index contributed by atoms with van der Waals surface area (Å²) < 4.78 is 1.89. The third-order valence-corrected chi connectivity index (χ3v) is 5.35. The predicted molar refractivity (Wildman–Crippen MR) is 93.3 cm³/mol. The molecule has 1 aromatic carbocycles. The molecule has 2 aliphatic heterocycles. The number of hydrogen-bond donors (Lipinski definition) is 0. The van der Waals surface area contributed by atoms with Gasteiger partial charge in [-0.2, -0.15) is 0 Å². The first-order valence-electron chi connectivity index (χ1n) is 8.32. The monoisotopic (exact) mass is 342 g/mol. The Balaban J connectivity index is 1.52. The Morgan fingerprint density at radius 2 is 1.88 bits per heavy atom. The quantitative estimate of drug-likeness (QED) is 0.842. The summed E-state index contributed by atoms with van der Waals surface area (Å²) in [6.45, 7) is 2.16. The number of likely N-dealkylation sites (tertiary alicyclic amines) is 1. The molecule has 0 aliphatic carbocycles. The van der Waals surface area contributed by atoms with Gasteiger partial charge in [0.25, 0.3) is 5.56 Å². The summed E-state index contributed by atoms with van der Waals surface area (Å²) in [6.07, 6.45) is 1.46. The van der Waals surface area contributed by atoms with Crippen molar-refractivity contribution in [2.45, 2.75) is 25.3 Å². The van der Waals surface area contributed by atoms with E-state index in [1.807, 2.05) is 45.9 Å². The minimum atomic E-state index is 0.0724. The number of carbonyl (C=O) groups is 1. The molecule has 5 heteroatoms. The lowest BCUT2D eigenvalue weighted by molar-refractivity contribution is -0.133. The molecule has 0 radical (unpaired) electrons. The van der Waals surface area contributed by atoms with Crippen LogP contribution in [0.25, 0.3) is 0 Å². The Hall–Kier alpha value is -2.07. The number of hydrogen-bond acceptors (Lipinski definition) is 2. The minimum Gasteiger partial charge on any atom is -0.341 e. The molecule has 0 unspecified atom stereocenters. The predicted octanol–water partition coefficient (Wildman–Crippen LogP) is 2.69. The van der Waals surface area contributed by atoms with Gasteiger partial charge in [-0.3, -0.25) is 9.59 Å². The van der Waals surface area contributed by atoms with E-state index in [0.717, 1.165) is 30.8 Å². The van der Waals surface area contributed by atoms with E-state index in [-0.39, 0.29) is 17.4 Å². The van der Waals surface area contributed by atoms with E-state index in [4.69, 9.17) is 11.6 Å². The summed E-state index contributed by atoms with van der Waals surface area (Å²) in [6, 6.07) is 12.9. The van der Waals surface area contributed by atoms with Crippen molar-refractivity contribution in [3.63, 3.8) is 0 Å². The molecule has 0 saturated carbocycles. The van der Waals surface area contributed by atoms with Crippen molar-refractivity contribution < 1.29 is 4.79 Å². The lowest BCUT2D eigenvalue weighted by Crippen LogP contribution is -2.49. The molecule has 1 amide bonds. The molecular formula is C19H19ClN2O2. The SMILES string of the molecule is O=C(Cc1ccc(Cl)cc1)N1C[C@H]2C[C@@H](C1)c1cccc(=O)n1C2. The Labute approximate surface area is 145 Å². The minimum absolute atomic E-state index is 0.0724. The van der Waals surface area contributed by atoms with Gasteiger partial charge in [-0.05, 0) is 36.1 Å². The highest BCUT2D eigenvalue weighted by Crippen LogP contribution is 2.35. The van der Waals surface area contributed by atoms with E-state index >= 15 is 0 Å². The summed E-state index contributed by atoms with van der Waals surface area (Å²) in [4.78, 5) is 26.7. The maximum atomic E-state index is 12.7. The van der Waals surface area contributed by atoms with Crippen LogP contribution < -0.4 is 5.56 Å². The Kier molecular flexibility index (Phi) is 3.93. The third kappa shape index (κ3) is 2.86. The van der Waals surface area contributed by atoms with Crippen LogP contribution in [0.2, 0.25) is 5.02 Å². The lowest BCUT2D eigenvalue weighted by atomic mass is 9.83. The van der Waals surface area contributed by atoms with Gasteiger partial charge in [0.2, 0.25) is 5.91 Å². The van der Waals surface area contributed by atoms with Crippen molar-refractivity contribution in [2.24, 2.45) is 5.92 Å². The molecule has 24 heavy (non-hydrogen) atoms. The second kappa shape index (κ2) is 6.10. The van der Waals surface area contributed by atoms with Crippen LogP contribution in [-0.2, 0) is 17.8 Å². The van der Waals surface area contributed by atoms with E-state index in [1.54, 1.807) is 6.07 Å². The van der Waals surface area contributed by atoms with Crippen LogP contribution in [0, 0.1) is 5.92 Å². The smallest absolute Gasteiger partial charge is 0.250 e. The zero-order chi connectivity index (χ0) is 16.7. The van der Waals surface area contributed by atoms with Gasteiger partial charge >= 0.3 is 0 Å². The molecule has 2 atom stereocenters. The van der Waals surface area contributed by atoms with Crippen LogP contribution in [0.3, 0.4) is 0 Å². The molecule has 1 aromatic heterocycles. The van der Waals surface area contributed by atoms with E-state index in [2.05, 4.69) is 0 Å². The van der Waals surface area contributed by atoms with Crippen LogP contribution in [0.4, 0.5) is 0 Å². The van der Waals surface area contributed by atoms with Gasteiger partial charge in [-0.1, -0.05) is 29.8 Å². The average Bonchev–Trinajstić information content (AvgIpc) is 2.58. The topological polar surface area (TPSA) is 42.3 Å². The van der Waals surface area contributed by atoms with Crippen LogP contribution in [0.5, 0.6) is 0 Å². The maximum Gasteiger partial charge on any atom is 0.250 e. The fraction of sp³-hybridized carbons (Fsp3) is 0.368. The lowest BCUT2D eigenvalue weighted by Gasteiger charge is -2.42. The Morgan fingerprint density at radius 3 is 2.67 bits per heavy atom. The average molecular weight is 343 g/mol. The summed E-state index contributed by atoms with van der Waals surface area (Å²) in [5.41, 5.74) is 2.13. The fourth-order valence-corrected chi connectivity index (χ4v) is 4.11.